The highest BCUT2D eigenvalue weighted by Gasteiger charge is 2.08. The van der Waals surface area contributed by atoms with Gasteiger partial charge in [-0.15, -0.1) is 0 Å². The summed E-state index contributed by atoms with van der Waals surface area (Å²) in [6, 6.07) is -1.56. The minimum atomic E-state index is -1.00. The first-order chi connectivity index (χ1) is 6.86. The number of carbonyl (C=O) groups is 2. The molecule has 0 amide bonds. The van der Waals surface area contributed by atoms with Crippen molar-refractivity contribution in [1.82, 2.24) is 0 Å². The average molecular weight is 256 g/mol. The van der Waals surface area contributed by atoms with E-state index in [1.807, 2.05) is 0 Å². The Kier molecular flexibility index (Phi) is 11.4. The zero-order chi connectivity index (χ0) is 12.4. The molecule has 0 aromatic heterocycles. The second-order valence-electron chi connectivity index (χ2n) is 2.58. The van der Waals surface area contributed by atoms with E-state index in [9.17, 15) is 9.59 Å². The molecule has 0 spiro atoms. The molecular weight excluding hydrogens is 240 g/mol. The number of hydrogen-bond acceptors (Lipinski definition) is 6. The summed E-state index contributed by atoms with van der Waals surface area (Å²) in [6.45, 7) is 0. The third-order valence-electron chi connectivity index (χ3n) is 1.27. The molecule has 8 heteroatoms. The summed E-state index contributed by atoms with van der Waals surface area (Å²) in [4.78, 5) is 19.7. The topological polar surface area (TPSA) is 127 Å². The van der Waals surface area contributed by atoms with E-state index in [-0.39, 0.29) is 5.75 Å². The highest BCUT2D eigenvalue weighted by Crippen LogP contribution is 1.88. The summed E-state index contributed by atoms with van der Waals surface area (Å²) >= 11 is 7.46. The molecule has 0 rings (SSSR count). The fraction of sp³-hybridized carbons (Fsp3) is 0.714. The van der Waals surface area contributed by atoms with E-state index in [1.54, 1.807) is 0 Å². The molecule has 0 aliphatic rings. The lowest BCUT2D eigenvalue weighted by Gasteiger charge is -2.00. The minimum absolute atomic E-state index is 0.190. The van der Waals surface area contributed by atoms with Crippen LogP contribution in [-0.2, 0) is 9.59 Å². The fourth-order valence-electron chi connectivity index (χ4n) is 0.341. The Morgan fingerprint density at radius 2 is 1.47 bits per heavy atom. The lowest BCUT2D eigenvalue weighted by Crippen LogP contribution is -2.31. The Bertz CT molecular complexity index is 203. The monoisotopic (exact) mass is 256 g/mol. The summed E-state index contributed by atoms with van der Waals surface area (Å²) in [5, 5.41) is 16.2. The van der Waals surface area contributed by atoms with Crippen molar-refractivity contribution in [3.63, 3.8) is 0 Å². The van der Waals surface area contributed by atoms with Crippen molar-refractivity contribution in [2.45, 2.75) is 18.5 Å². The van der Waals surface area contributed by atoms with Crippen LogP contribution in [0.5, 0.6) is 0 Å². The first-order valence-corrected chi connectivity index (χ1v) is 5.31. The van der Waals surface area contributed by atoms with E-state index in [0.717, 1.165) is 0 Å². The largest absolute Gasteiger partial charge is 0.480 e. The molecular formula is C7H16N2O4S2. The molecule has 15 heavy (non-hydrogen) atoms. The summed E-state index contributed by atoms with van der Waals surface area (Å²) in [6.07, 6.45) is 0.429. The average Bonchev–Trinajstić information content (AvgIpc) is 2.17. The van der Waals surface area contributed by atoms with Crippen LogP contribution in [0.15, 0.2) is 0 Å². The van der Waals surface area contributed by atoms with Gasteiger partial charge < -0.3 is 21.7 Å². The van der Waals surface area contributed by atoms with E-state index >= 15 is 0 Å². The number of carboxylic acids is 2. The van der Waals surface area contributed by atoms with Gasteiger partial charge in [-0.25, -0.2) is 0 Å². The number of thiol groups is 2. The minimum Gasteiger partial charge on any atom is -0.480 e. The molecule has 0 radical (unpaired) electrons. The van der Waals surface area contributed by atoms with Crippen LogP contribution in [0.2, 0.25) is 0 Å². The van der Waals surface area contributed by atoms with Crippen LogP contribution >= 0.6 is 25.3 Å². The van der Waals surface area contributed by atoms with Gasteiger partial charge in [0.2, 0.25) is 0 Å². The number of rotatable bonds is 5. The molecule has 0 aromatic rings. The van der Waals surface area contributed by atoms with Gasteiger partial charge in [0.05, 0.1) is 0 Å². The number of aliphatic carboxylic acids is 2. The summed E-state index contributed by atoms with van der Waals surface area (Å²) in [7, 11) is 0. The van der Waals surface area contributed by atoms with Crippen LogP contribution in [0, 0.1) is 0 Å². The third kappa shape index (κ3) is 11.5. The molecule has 6 nitrogen and oxygen atoms in total. The molecule has 6 N–H and O–H groups in total. The second kappa shape index (κ2) is 10.1. The van der Waals surface area contributed by atoms with E-state index in [2.05, 4.69) is 25.3 Å². The molecule has 2 atom stereocenters. The van der Waals surface area contributed by atoms with Gasteiger partial charge in [-0.1, -0.05) is 0 Å². The Labute approximate surface area is 98.8 Å². The maximum absolute atomic E-state index is 9.93. The Balaban J connectivity index is 0. The highest BCUT2D eigenvalue weighted by molar-refractivity contribution is 7.80. The van der Waals surface area contributed by atoms with Crippen LogP contribution < -0.4 is 11.5 Å². The van der Waals surface area contributed by atoms with E-state index in [4.69, 9.17) is 21.7 Å². The first-order valence-electron chi connectivity index (χ1n) is 4.05. The van der Waals surface area contributed by atoms with Crippen LogP contribution in [0.25, 0.3) is 0 Å². The van der Waals surface area contributed by atoms with E-state index in [0.29, 0.717) is 12.2 Å². The SMILES string of the molecule is N[C@@H](CCS)C(=O)O.N[C@@H](CS)C(=O)O. The van der Waals surface area contributed by atoms with Crippen molar-refractivity contribution in [3.8, 4) is 0 Å². The van der Waals surface area contributed by atoms with Crippen LogP contribution in [0.4, 0.5) is 0 Å². The van der Waals surface area contributed by atoms with Crippen LogP contribution in [-0.4, -0.2) is 45.7 Å². The number of carboxylic acid groups (broad SMARTS) is 2. The van der Waals surface area contributed by atoms with E-state index < -0.39 is 24.0 Å². The standard InChI is InChI=1S/C4H9NO2S.C3H7NO2S/c5-3(1-2-8)4(6)7;4-2(1-7)3(5)6/h3,8H,1-2,5H2,(H,6,7);2,7H,1,4H2,(H,5,6)/t3-;2-/m00/s1. The molecule has 0 aliphatic heterocycles. The lowest BCUT2D eigenvalue weighted by atomic mass is 10.2. The number of nitrogens with two attached hydrogens (primary N) is 2. The molecule has 0 saturated heterocycles. The van der Waals surface area contributed by atoms with Crippen molar-refractivity contribution in [1.29, 1.82) is 0 Å². The molecule has 0 aromatic carbocycles. The Morgan fingerprint density at radius 3 is 1.53 bits per heavy atom. The van der Waals surface area contributed by atoms with Crippen LogP contribution in [0.1, 0.15) is 6.42 Å². The lowest BCUT2D eigenvalue weighted by molar-refractivity contribution is -0.139. The quantitative estimate of drug-likeness (QED) is 0.352. The van der Waals surface area contributed by atoms with Gasteiger partial charge in [0.15, 0.2) is 0 Å². The second-order valence-corrected chi connectivity index (χ2v) is 3.40. The van der Waals surface area contributed by atoms with Gasteiger partial charge in [-0.3, -0.25) is 9.59 Å². The predicted octanol–water partition coefficient (Wildman–Crippen LogP) is -0.954. The first kappa shape index (κ1) is 17.0. The molecule has 0 heterocycles. The zero-order valence-corrected chi connectivity index (χ0v) is 9.82. The Morgan fingerprint density at radius 1 is 1.07 bits per heavy atom. The van der Waals surface area contributed by atoms with Crippen LogP contribution in [0.3, 0.4) is 0 Å². The van der Waals surface area contributed by atoms with Crippen molar-refractivity contribution >= 4 is 37.2 Å². The maximum Gasteiger partial charge on any atom is 0.321 e. The molecule has 0 bridgehead atoms. The molecule has 0 unspecified atom stereocenters. The van der Waals surface area contributed by atoms with Crippen molar-refractivity contribution in [2.75, 3.05) is 11.5 Å². The van der Waals surface area contributed by atoms with Crippen molar-refractivity contribution < 1.29 is 19.8 Å². The van der Waals surface area contributed by atoms with Gasteiger partial charge in [-0.2, -0.15) is 25.3 Å². The predicted molar refractivity (Wildman–Crippen MR) is 63.5 cm³/mol. The molecule has 0 aliphatic carbocycles. The van der Waals surface area contributed by atoms with Gasteiger partial charge in [-0.05, 0) is 12.2 Å². The molecule has 0 fully saturated rings. The normalized spacial score (nSPS) is 13.3. The molecule has 0 saturated carbocycles. The van der Waals surface area contributed by atoms with Gasteiger partial charge in [0.1, 0.15) is 12.1 Å². The Hall–Kier alpha value is -0.440. The summed E-state index contributed by atoms with van der Waals surface area (Å²) < 4.78 is 0. The fourth-order valence-corrected chi connectivity index (χ4v) is 0.775. The smallest absolute Gasteiger partial charge is 0.321 e. The highest BCUT2D eigenvalue weighted by atomic mass is 32.1. The van der Waals surface area contributed by atoms with Gasteiger partial charge >= 0.3 is 11.9 Å². The van der Waals surface area contributed by atoms with Gasteiger partial charge in [0, 0.05) is 5.75 Å². The number of hydrogen-bond donors (Lipinski definition) is 6. The maximum atomic E-state index is 9.93. The summed E-state index contributed by atoms with van der Waals surface area (Å²) in [5.41, 5.74) is 10.0. The van der Waals surface area contributed by atoms with Crippen molar-refractivity contribution in [3.05, 3.63) is 0 Å². The zero-order valence-electron chi connectivity index (χ0n) is 8.04. The third-order valence-corrected chi connectivity index (χ3v) is 1.92. The molecule has 90 valence electrons. The van der Waals surface area contributed by atoms with Crippen molar-refractivity contribution in [2.24, 2.45) is 11.5 Å². The van der Waals surface area contributed by atoms with Gasteiger partial charge in [0.25, 0.3) is 0 Å². The van der Waals surface area contributed by atoms with E-state index in [1.165, 1.54) is 0 Å². The summed E-state index contributed by atoms with van der Waals surface area (Å²) in [5.74, 6) is -1.25.